The number of halogens is 1. The van der Waals surface area contributed by atoms with Crippen molar-refractivity contribution < 1.29 is 4.79 Å². The first-order valence-corrected chi connectivity index (χ1v) is 6.84. The normalized spacial score (nSPS) is 14.7. The van der Waals surface area contributed by atoms with Crippen molar-refractivity contribution in [3.8, 4) is 0 Å². The number of rotatable bonds is 3. The van der Waals surface area contributed by atoms with E-state index < -0.39 is 5.24 Å². The van der Waals surface area contributed by atoms with Gasteiger partial charge in [0.25, 0.3) is 10.8 Å². The number of carbonyl (C=O) groups excluding carboxylic acids is 1. The molecule has 1 aromatic heterocycles. The number of pyridine rings is 1. The maximum atomic E-state index is 12.3. The number of aromatic nitrogens is 1. The maximum absolute atomic E-state index is 12.3. The fraction of sp³-hybridized carbons (Fsp3) is 0.571. The van der Waals surface area contributed by atoms with E-state index in [0.717, 1.165) is 36.9 Å². The molecule has 0 aromatic carbocycles. The summed E-state index contributed by atoms with van der Waals surface area (Å²) in [5, 5.41) is -0.647. The predicted octanol–water partition coefficient (Wildman–Crippen LogP) is 2.76. The smallest absolute Gasteiger partial charge is 0.262 e. The molecule has 0 N–H and O–H groups in total. The number of hydrogen-bond acceptors (Lipinski definition) is 2. The third kappa shape index (κ3) is 2.51. The molecule has 98 valence electrons. The first-order chi connectivity index (χ1) is 8.50. The van der Waals surface area contributed by atoms with Crippen LogP contribution < -0.4 is 5.56 Å². The Morgan fingerprint density at radius 1 is 1.39 bits per heavy atom. The van der Waals surface area contributed by atoms with Crippen LogP contribution in [0, 0.1) is 5.92 Å². The molecule has 18 heavy (non-hydrogen) atoms. The molecule has 4 heteroatoms. The van der Waals surface area contributed by atoms with E-state index in [-0.39, 0.29) is 11.1 Å². The highest BCUT2D eigenvalue weighted by Crippen LogP contribution is 2.22. The van der Waals surface area contributed by atoms with Crippen LogP contribution in [0.15, 0.2) is 10.9 Å². The average molecular weight is 268 g/mol. The van der Waals surface area contributed by atoms with Gasteiger partial charge in [0.05, 0.1) is 5.56 Å². The van der Waals surface area contributed by atoms with Gasteiger partial charge in [-0.1, -0.05) is 13.8 Å². The largest absolute Gasteiger partial charge is 0.311 e. The molecular weight excluding hydrogens is 250 g/mol. The Hall–Kier alpha value is -1.09. The zero-order chi connectivity index (χ0) is 13.3. The Bertz CT molecular complexity index is 531. The summed E-state index contributed by atoms with van der Waals surface area (Å²) < 4.78 is 1.76. The van der Waals surface area contributed by atoms with Crippen LogP contribution in [0.3, 0.4) is 0 Å². The summed E-state index contributed by atoms with van der Waals surface area (Å²) in [5.41, 5.74) is 2.11. The van der Waals surface area contributed by atoms with Gasteiger partial charge in [0.1, 0.15) is 0 Å². The Kier molecular flexibility index (Phi) is 3.91. The lowest BCUT2D eigenvalue weighted by Crippen LogP contribution is -2.32. The minimum Gasteiger partial charge on any atom is -0.311 e. The van der Waals surface area contributed by atoms with Gasteiger partial charge in [-0.15, -0.1) is 0 Å². The lowest BCUT2D eigenvalue weighted by molar-refractivity contribution is 0.107. The number of aryl methyl sites for hydroxylation is 1. The van der Waals surface area contributed by atoms with E-state index in [1.165, 1.54) is 0 Å². The van der Waals surface area contributed by atoms with E-state index >= 15 is 0 Å². The Morgan fingerprint density at radius 2 is 2.06 bits per heavy atom. The minimum atomic E-state index is -0.647. The molecular formula is C14H18ClNO2. The van der Waals surface area contributed by atoms with Gasteiger partial charge in [-0.05, 0) is 54.8 Å². The fourth-order valence-corrected chi connectivity index (χ4v) is 2.71. The molecule has 0 saturated carbocycles. The second kappa shape index (κ2) is 5.27. The second-order valence-corrected chi connectivity index (χ2v) is 5.66. The van der Waals surface area contributed by atoms with Gasteiger partial charge in [-0.25, -0.2) is 0 Å². The summed E-state index contributed by atoms with van der Waals surface area (Å²) in [6.45, 7) is 4.78. The van der Waals surface area contributed by atoms with Gasteiger partial charge in [-0.3, -0.25) is 9.59 Å². The first-order valence-electron chi connectivity index (χ1n) is 6.46. The van der Waals surface area contributed by atoms with Gasteiger partial charge in [0, 0.05) is 12.2 Å². The van der Waals surface area contributed by atoms with E-state index in [1.54, 1.807) is 10.6 Å². The van der Waals surface area contributed by atoms with Gasteiger partial charge in [0.15, 0.2) is 0 Å². The van der Waals surface area contributed by atoms with Gasteiger partial charge >= 0.3 is 0 Å². The Labute approximate surface area is 112 Å². The van der Waals surface area contributed by atoms with Crippen molar-refractivity contribution in [1.82, 2.24) is 4.57 Å². The molecule has 2 rings (SSSR count). The SMILES string of the molecule is CC(C)Cn1c2c(cc(C(=O)Cl)c1=O)CCCC2. The number of carbonyl (C=O) groups is 1. The summed E-state index contributed by atoms with van der Waals surface area (Å²) in [7, 11) is 0. The van der Waals surface area contributed by atoms with Gasteiger partial charge in [-0.2, -0.15) is 0 Å². The summed E-state index contributed by atoms with van der Waals surface area (Å²) >= 11 is 5.51. The summed E-state index contributed by atoms with van der Waals surface area (Å²) in [6.07, 6.45) is 4.08. The van der Waals surface area contributed by atoms with Crippen molar-refractivity contribution in [2.75, 3.05) is 0 Å². The van der Waals surface area contributed by atoms with E-state index in [1.807, 2.05) is 0 Å². The topological polar surface area (TPSA) is 39.1 Å². The predicted molar refractivity (Wildman–Crippen MR) is 72.4 cm³/mol. The highest BCUT2D eigenvalue weighted by molar-refractivity contribution is 6.67. The van der Waals surface area contributed by atoms with Crippen LogP contribution in [0.1, 0.15) is 48.3 Å². The zero-order valence-electron chi connectivity index (χ0n) is 10.8. The third-order valence-electron chi connectivity index (χ3n) is 3.36. The highest BCUT2D eigenvalue weighted by Gasteiger charge is 2.20. The standard InChI is InChI=1S/C14H18ClNO2/c1-9(2)8-16-12-6-4-3-5-10(12)7-11(13(15)17)14(16)18/h7,9H,3-6,8H2,1-2H3. The lowest BCUT2D eigenvalue weighted by Gasteiger charge is -2.22. The van der Waals surface area contributed by atoms with Crippen molar-refractivity contribution >= 4 is 16.8 Å². The molecule has 0 radical (unpaired) electrons. The van der Waals surface area contributed by atoms with Crippen LogP contribution in [-0.4, -0.2) is 9.81 Å². The zero-order valence-corrected chi connectivity index (χ0v) is 11.6. The quantitative estimate of drug-likeness (QED) is 0.790. The molecule has 0 atom stereocenters. The summed E-state index contributed by atoms with van der Waals surface area (Å²) in [4.78, 5) is 23.6. The van der Waals surface area contributed by atoms with E-state index in [2.05, 4.69) is 13.8 Å². The molecule has 1 aliphatic carbocycles. The number of hydrogen-bond donors (Lipinski definition) is 0. The molecule has 3 nitrogen and oxygen atoms in total. The van der Waals surface area contributed by atoms with Crippen molar-refractivity contribution in [1.29, 1.82) is 0 Å². The van der Waals surface area contributed by atoms with Crippen LogP contribution in [0.2, 0.25) is 0 Å². The number of nitrogens with zero attached hydrogens (tertiary/aromatic N) is 1. The van der Waals surface area contributed by atoms with E-state index in [0.29, 0.717) is 12.5 Å². The van der Waals surface area contributed by atoms with Crippen LogP contribution in [0.5, 0.6) is 0 Å². The van der Waals surface area contributed by atoms with E-state index in [4.69, 9.17) is 11.6 Å². The Morgan fingerprint density at radius 3 is 2.67 bits per heavy atom. The molecule has 0 unspecified atom stereocenters. The molecule has 0 amide bonds. The van der Waals surface area contributed by atoms with Crippen LogP contribution in [-0.2, 0) is 19.4 Å². The molecule has 0 saturated heterocycles. The van der Waals surface area contributed by atoms with Crippen molar-refractivity contribution in [3.05, 3.63) is 33.2 Å². The molecule has 0 bridgehead atoms. The fourth-order valence-electron chi connectivity index (χ4n) is 2.58. The monoisotopic (exact) mass is 267 g/mol. The molecule has 0 spiro atoms. The molecule has 1 aromatic rings. The van der Waals surface area contributed by atoms with E-state index in [9.17, 15) is 9.59 Å². The van der Waals surface area contributed by atoms with Gasteiger partial charge < -0.3 is 4.57 Å². The first kappa shape index (κ1) is 13.3. The summed E-state index contributed by atoms with van der Waals surface area (Å²) in [6, 6.07) is 1.70. The molecule has 0 aliphatic heterocycles. The molecule has 1 aliphatic rings. The third-order valence-corrected chi connectivity index (χ3v) is 3.56. The minimum absolute atomic E-state index is 0.123. The van der Waals surface area contributed by atoms with Crippen molar-refractivity contribution in [2.45, 2.75) is 46.1 Å². The average Bonchev–Trinajstić information content (AvgIpc) is 2.31. The Balaban J connectivity index is 2.63. The van der Waals surface area contributed by atoms with Gasteiger partial charge in [0.2, 0.25) is 0 Å². The molecule has 0 fully saturated rings. The molecule has 1 heterocycles. The lowest BCUT2D eigenvalue weighted by atomic mass is 9.94. The highest BCUT2D eigenvalue weighted by atomic mass is 35.5. The van der Waals surface area contributed by atoms with Crippen LogP contribution in [0.25, 0.3) is 0 Å². The summed E-state index contributed by atoms with van der Waals surface area (Å²) in [5.74, 6) is 0.370. The van der Waals surface area contributed by atoms with Crippen LogP contribution in [0.4, 0.5) is 0 Å². The van der Waals surface area contributed by atoms with Crippen molar-refractivity contribution in [3.63, 3.8) is 0 Å². The number of fused-ring (bicyclic) bond motifs is 1. The maximum Gasteiger partial charge on any atom is 0.262 e. The van der Waals surface area contributed by atoms with Crippen molar-refractivity contribution in [2.24, 2.45) is 5.92 Å². The second-order valence-electron chi connectivity index (χ2n) is 5.32. The van der Waals surface area contributed by atoms with Crippen LogP contribution >= 0.6 is 11.6 Å².